The van der Waals surface area contributed by atoms with Gasteiger partial charge in [0.05, 0.1) is 0 Å². The molecule has 0 unspecified atom stereocenters. The predicted octanol–water partition coefficient (Wildman–Crippen LogP) is -0.536. The van der Waals surface area contributed by atoms with Gasteiger partial charge >= 0.3 is 18.9 Å². The van der Waals surface area contributed by atoms with Crippen molar-refractivity contribution in [3.63, 3.8) is 0 Å². The van der Waals surface area contributed by atoms with Gasteiger partial charge in [0, 0.05) is 26.4 Å². The topological polar surface area (TPSA) is 36.9 Å². The minimum Gasteiger partial charge on any atom is -0.437 e. The van der Waals surface area contributed by atoms with Crippen LogP contribution in [-0.2, 0) is 18.6 Å². The molecule has 2 fully saturated rings. The molecule has 20 heavy (non-hydrogen) atoms. The van der Waals surface area contributed by atoms with E-state index in [4.69, 9.17) is 18.6 Å². The van der Waals surface area contributed by atoms with E-state index in [1.165, 1.54) is 19.3 Å². The van der Waals surface area contributed by atoms with E-state index in [0.717, 1.165) is 57.8 Å². The van der Waals surface area contributed by atoms with Gasteiger partial charge in [0.2, 0.25) is 0 Å². The molecule has 0 spiro atoms. The molecule has 0 aromatic heterocycles. The van der Waals surface area contributed by atoms with Gasteiger partial charge in [-0.05, 0) is 12.8 Å². The monoisotopic (exact) mass is 274 g/mol. The Balaban J connectivity index is 0.00000200. The first-order valence-corrected chi connectivity index (χ1v) is 7.74. The first-order valence-electron chi connectivity index (χ1n) is 7.74. The van der Waals surface area contributed by atoms with Gasteiger partial charge in [-0.15, -0.1) is 0 Å². The molecule has 2 aliphatic rings. The van der Waals surface area contributed by atoms with Gasteiger partial charge in [0.25, 0.3) is 14.2 Å². The Morgan fingerprint density at radius 3 is 1.75 bits per heavy atom. The standard InChI is InChI=1S/C13H25B2O4.Li/c1-2-3-4-5-8-13(14-16-9-6-10-17-14)15-18-11-7-12-19-15;/h2-12H2,1H3;/q-1;+1. The number of hydrogen-bond acceptors (Lipinski definition) is 4. The molecule has 0 bridgehead atoms. The van der Waals surface area contributed by atoms with Crippen molar-refractivity contribution in [3.8, 4) is 0 Å². The van der Waals surface area contributed by atoms with Gasteiger partial charge in [0.1, 0.15) is 0 Å². The van der Waals surface area contributed by atoms with E-state index < -0.39 is 0 Å². The smallest absolute Gasteiger partial charge is 0.437 e. The maximum atomic E-state index is 5.73. The molecule has 0 aliphatic carbocycles. The van der Waals surface area contributed by atoms with Gasteiger partial charge in [-0.1, -0.05) is 32.6 Å². The van der Waals surface area contributed by atoms with E-state index in [2.05, 4.69) is 6.92 Å². The third-order valence-electron chi connectivity index (χ3n) is 3.58. The molecule has 4 nitrogen and oxygen atoms in total. The Hall–Kier alpha value is 0.567. The molecular formula is C13H25B2LiO4. The molecule has 0 radical (unpaired) electrons. The summed E-state index contributed by atoms with van der Waals surface area (Å²) in [5.74, 6) is 0. The van der Waals surface area contributed by atoms with Gasteiger partial charge < -0.3 is 18.6 Å². The van der Waals surface area contributed by atoms with Crippen molar-refractivity contribution in [1.82, 2.24) is 0 Å². The molecule has 7 heteroatoms. The van der Waals surface area contributed by atoms with E-state index in [-0.39, 0.29) is 33.1 Å². The normalized spacial score (nSPS) is 20.1. The summed E-state index contributed by atoms with van der Waals surface area (Å²) in [4.78, 5) is 0. The quantitative estimate of drug-likeness (QED) is 0.355. The summed E-state index contributed by atoms with van der Waals surface area (Å²) in [5, 5.41) is 0. The van der Waals surface area contributed by atoms with Crippen molar-refractivity contribution in [2.45, 2.75) is 51.9 Å². The van der Waals surface area contributed by atoms with Gasteiger partial charge in [0.15, 0.2) is 0 Å². The molecule has 0 amide bonds. The number of hydrogen-bond donors (Lipinski definition) is 0. The van der Waals surface area contributed by atoms with Crippen molar-refractivity contribution in [2.24, 2.45) is 0 Å². The SMILES string of the molecule is CCCCCC[C-](B1OCCCO1)B1OCCCO1.[Li+]. The van der Waals surface area contributed by atoms with Crippen molar-refractivity contribution < 1.29 is 37.5 Å². The first kappa shape index (κ1) is 18.6. The second-order valence-corrected chi connectivity index (χ2v) is 5.24. The van der Waals surface area contributed by atoms with Crippen LogP contribution in [-0.4, -0.2) is 40.7 Å². The zero-order valence-corrected chi connectivity index (χ0v) is 13.1. The van der Waals surface area contributed by atoms with Gasteiger partial charge in [-0.25, -0.2) is 5.72 Å². The van der Waals surface area contributed by atoms with Crippen molar-refractivity contribution >= 4 is 14.2 Å². The fraction of sp³-hybridized carbons (Fsp3) is 0.923. The van der Waals surface area contributed by atoms with Gasteiger partial charge in [-0.3, -0.25) is 0 Å². The van der Waals surface area contributed by atoms with Crippen LogP contribution < -0.4 is 18.9 Å². The zero-order chi connectivity index (χ0) is 13.3. The Morgan fingerprint density at radius 1 is 0.800 bits per heavy atom. The van der Waals surface area contributed by atoms with E-state index in [0.29, 0.717) is 0 Å². The molecule has 2 aliphatic heterocycles. The van der Waals surface area contributed by atoms with Crippen LogP contribution in [0.25, 0.3) is 0 Å². The van der Waals surface area contributed by atoms with Crippen LogP contribution in [0, 0.1) is 5.72 Å². The Kier molecular flexibility index (Phi) is 10.4. The molecule has 2 saturated heterocycles. The second kappa shape index (κ2) is 11.2. The predicted molar refractivity (Wildman–Crippen MR) is 76.6 cm³/mol. The number of unbranched alkanes of at least 4 members (excludes halogenated alkanes) is 3. The van der Waals surface area contributed by atoms with Gasteiger partial charge in [-0.2, -0.15) is 6.42 Å². The third kappa shape index (κ3) is 6.13. The molecule has 2 rings (SSSR count). The molecular weight excluding hydrogens is 249 g/mol. The molecule has 0 aromatic carbocycles. The largest absolute Gasteiger partial charge is 1.00 e. The van der Waals surface area contributed by atoms with E-state index in [9.17, 15) is 0 Å². The van der Waals surface area contributed by atoms with E-state index in [1.54, 1.807) is 0 Å². The summed E-state index contributed by atoms with van der Waals surface area (Å²) < 4.78 is 22.9. The van der Waals surface area contributed by atoms with Crippen LogP contribution in [0.3, 0.4) is 0 Å². The molecule has 0 aromatic rings. The first-order chi connectivity index (χ1) is 9.42. The Labute approximate surface area is 136 Å². The van der Waals surface area contributed by atoms with Crippen LogP contribution in [0.4, 0.5) is 0 Å². The van der Waals surface area contributed by atoms with Crippen molar-refractivity contribution in [2.75, 3.05) is 26.4 Å². The second-order valence-electron chi connectivity index (χ2n) is 5.24. The summed E-state index contributed by atoms with van der Waals surface area (Å²) in [7, 11) is -0.447. The average molecular weight is 274 g/mol. The number of rotatable bonds is 7. The molecule has 0 atom stereocenters. The third-order valence-corrected chi connectivity index (χ3v) is 3.58. The summed E-state index contributed by atoms with van der Waals surface area (Å²) >= 11 is 0. The van der Waals surface area contributed by atoms with Crippen LogP contribution in [0.1, 0.15) is 51.9 Å². The average Bonchev–Trinajstić information content (AvgIpc) is 2.49. The summed E-state index contributed by atoms with van der Waals surface area (Å²) in [6.07, 6.45) is 7.89. The molecule has 0 N–H and O–H groups in total. The molecule has 2 heterocycles. The summed E-state index contributed by atoms with van der Waals surface area (Å²) in [5.41, 5.74) is 1.15. The summed E-state index contributed by atoms with van der Waals surface area (Å²) in [6, 6.07) is 0. The van der Waals surface area contributed by atoms with Crippen LogP contribution in [0.5, 0.6) is 0 Å². The van der Waals surface area contributed by atoms with Crippen LogP contribution in [0.2, 0.25) is 0 Å². The fourth-order valence-corrected chi connectivity index (χ4v) is 2.51. The fourth-order valence-electron chi connectivity index (χ4n) is 2.51. The summed E-state index contributed by atoms with van der Waals surface area (Å²) in [6.45, 7) is 5.32. The minimum absolute atomic E-state index is 0. The molecule has 0 saturated carbocycles. The van der Waals surface area contributed by atoms with E-state index in [1.807, 2.05) is 0 Å². The Morgan fingerprint density at radius 2 is 1.30 bits per heavy atom. The van der Waals surface area contributed by atoms with E-state index >= 15 is 0 Å². The minimum atomic E-state index is -0.224. The van der Waals surface area contributed by atoms with Crippen molar-refractivity contribution in [3.05, 3.63) is 5.72 Å². The maximum Gasteiger partial charge on any atom is 1.00 e. The van der Waals surface area contributed by atoms with Crippen LogP contribution in [0.15, 0.2) is 0 Å². The maximum absolute atomic E-state index is 5.73. The van der Waals surface area contributed by atoms with Crippen molar-refractivity contribution in [1.29, 1.82) is 0 Å². The molecule has 108 valence electrons. The zero-order valence-electron chi connectivity index (χ0n) is 13.1. The van der Waals surface area contributed by atoms with Crippen LogP contribution >= 0.6 is 0 Å². The Bertz CT molecular complexity index is 218.